The van der Waals surface area contributed by atoms with Crippen molar-refractivity contribution >= 4 is 22.8 Å². The lowest BCUT2D eigenvalue weighted by molar-refractivity contribution is 0.132. The average Bonchev–Trinajstić information content (AvgIpc) is 3.09. The quantitative estimate of drug-likeness (QED) is 0.673. The summed E-state index contributed by atoms with van der Waals surface area (Å²) >= 11 is 0. The average molecular weight is 381 g/mol. The molecule has 1 aliphatic heterocycles. The summed E-state index contributed by atoms with van der Waals surface area (Å²) in [6.07, 6.45) is 1.69. The normalized spacial score (nSPS) is 15.9. The van der Waals surface area contributed by atoms with Crippen LogP contribution in [-0.4, -0.2) is 62.3 Å². The molecule has 3 N–H and O–H groups in total. The SMILES string of the molecule is CCN1CCN(Cc2ccc(CNc3nc(N)c4cnn(C)c4n3)cc2)CC1. The van der Waals surface area contributed by atoms with Gasteiger partial charge in [-0.25, -0.2) is 0 Å². The standard InChI is InChI=1S/C20H28N8/c1-3-27-8-10-28(11-9-27)14-16-6-4-15(5-7-16)12-22-20-24-18(21)17-13-23-26(2)19(17)25-20/h4-7,13H,3,8-12,14H2,1-2H3,(H3,21,22,24,25). The molecule has 3 aromatic rings. The van der Waals surface area contributed by atoms with Crippen molar-refractivity contribution in [2.75, 3.05) is 43.8 Å². The van der Waals surface area contributed by atoms with E-state index in [9.17, 15) is 0 Å². The lowest BCUT2D eigenvalue weighted by atomic mass is 10.1. The molecule has 2 aromatic heterocycles. The number of aryl methyl sites for hydroxylation is 1. The van der Waals surface area contributed by atoms with Crippen molar-refractivity contribution in [1.29, 1.82) is 0 Å². The van der Waals surface area contributed by atoms with E-state index in [4.69, 9.17) is 5.73 Å². The number of anilines is 2. The Morgan fingerprint density at radius 2 is 1.68 bits per heavy atom. The number of nitrogens with zero attached hydrogens (tertiary/aromatic N) is 6. The summed E-state index contributed by atoms with van der Waals surface area (Å²) in [7, 11) is 1.85. The highest BCUT2D eigenvalue weighted by Gasteiger charge is 2.15. The van der Waals surface area contributed by atoms with Crippen molar-refractivity contribution in [2.45, 2.75) is 20.0 Å². The molecule has 0 unspecified atom stereocenters. The zero-order chi connectivity index (χ0) is 19.5. The largest absolute Gasteiger partial charge is 0.383 e. The van der Waals surface area contributed by atoms with Crippen molar-refractivity contribution < 1.29 is 0 Å². The van der Waals surface area contributed by atoms with Crippen molar-refractivity contribution in [3.63, 3.8) is 0 Å². The second kappa shape index (κ2) is 8.12. The van der Waals surface area contributed by atoms with Crippen LogP contribution in [0.3, 0.4) is 0 Å². The Morgan fingerprint density at radius 3 is 2.39 bits per heavy atom. The number of nitrogen functional groups attached to an aromatic ring is 1. The number of rotatable bonds is 6. The summed E-state index contributed by atoms with van der Waals surface area (Å²) in [6.45, 7) is 9.68. The zero-order valence-corrected chi connectivity index (χ0v) is 16.6. The summed E-state index contributed by atoms with van der Waals surface area (Å²) in [5.41, 5.74) is 9.28. The van der Waals surface area contributed by atoms with E-state index < -0.39 is 0 Å². The molecule has 1 fully saturated rings. The maximum atomic E-state index is 6.01. The van der Waals surface area contributed by atoms with Crippen molar-refractivity contribution in [3.05, 3.63) is 41.6 Å². The van der Waals surface area contributed by atoms with E-state index in [0.29, 0.717) is 18.3 Å². The molecule has 4 rings (SSSR count). The molecule has 0 spiro atoms. The van der Waals surface area contributed by atoms with Gasteiger partial charge in [-0.2, -0.15) is 15.1 Å². The Bertz CT molecular complexity index is 925. The Balaban J connectivity index is 1.34. The van der Waals surface area contributed by atoms with E-state index in [1.54, 1.807) is 10.9 Å². The van der Waals surface area contributed by atoms with E-state index in [-0.39, 0.29) is 0 Å². The lowest BCUT2D eigenvalue weighted by Gasteiger charge is -2.34. The van der Waals surface area contributed by atoms with Crippen LogP contribution in [-0.2, 0) is 20.1 Å². The van der Waals surface area contributed by atoms with Crippen molar-refractivity contribution in [3.8, 4) is 0 Å². The van der Waals surface area contributed by atoms with E-state index in [1.165, 1.54) is 24.2 Å². The van der Waals surface area contributed by atoms with Gasteiger partial charge in [-0.05, 0) is 17.7 Å². The topological polar surface area (TPSA) is 88.1 Å². The summed E-state index contributed by atoms with van der Waals surface area (Å²) in [5.74, 6) is 0.964. The minimum absolute atomic E-state index is 0.444. The van der Waals surface area contributed by atoms with Crippen molar-refractivity contribution in [1.82, 2.24) is 29.5 Å². The lowest BCUT2D eigenvalue weighted by Crippen LogP contribution is -2.45. The van der Waals surface area contributed by atoms with Crippen LogP contribution in [0.25, 0.3) is 11.0 Å². The smallest absolute Gasteiger partial charge is 0.226 e. The van der Waals surface area contributed by atoms with Gasteiger partial charge in [-0.3, -0.25) is 9.58 Å². The highest BCUT2D eigenvalue weighted by Crippen LogP contribution is 2.19. The molecule has 3 heterocycles. The van der Waals surface area contributed by atoms with Gasteiger partial charge in [0, 0.05) is 46.3 Å². The number of nitrogens with one attached hydrogen (secondary N) is 1. The monoisotopic (exact) mass is 380 g/mol. The fraction of sp³-hybridized carbons (Fsp3) is 0.450. The van der Waals surface area contributed by atoms with Gasteiger partial charge in [0.15, 0.2) is 5.65 Å². The van der Waals surface area contributed by atoms with Gasteiger partial charge >= 0.3 is 0 Å². The summed E-state index contributed by atoms with van der Waals surface area (Å²) in [5, 5.41) is 8.22. The Morgan fingerprint density at radius 1 is 1.00 bits per heavy atom. The number of nitrogens with two attached hydrogens (primary N) is 1. The third kappa shape index (κ3) is 4.07. The molecular weight excluding hydrogens is 352 g/mol. The number of hydrogen-bond donors (Lipinski definition) is 2. The van der Waals surface area contributed by atoms with Crippen LogP contribution >= 0.6 is 0 Å². The highest BCUT2D eigenvalue weighted by molar-refractivity contribution is 5.86. The third-order valence-electron chi connectivity index (χ3n) is 5.41. The maximum absolute atomic E-state index is 6.01. The number of aromatic nitrogens is 4. The van der Waals surface area contributed by atoms with E-state index in [0.717, 1.165) is 37.2 Å². The zero-order valence-electron chi connectivity index (χ0n) is 16.6. The Kier molecular flexibility index (Phi) is 5.40. The first-order valence-corrected chi connectivity index (χ1v) is 9.84. The molecule has 28 heavy (non-hydrogen) atoms. The molecule has 0 amide bonds. The van der Waals surface area contributed by atoms with Gasteiger partial charge in [0.2, 0.25) is 5.95 Å². The molecule has 0 radical (unpaired) electrons. The molecule has 148 valence electrons. The van der Waals surface area contributed by atoms with E-state index in [1.807, 2.05) is 7.05 Å². The predicted octanol–water partition coefficient (Wildman–Crippen LogP) is 1.70. The van der Waals surface area contributed by atoms with Gasteiger partial charge in [-0.1, -0.05) is 31.2 Å². The maximum Gasteiger partial charge on any atom is 0.226 e. The summed E-state index contributed by atoms with van der Waals surface area (Å²) in [6, 6.07) is 8.75. The van der Waals surface area contributed by atoms with Gasteiger partial charge in [0.25, 0.3) is 0 Å². The first-order chi connectivity index (χ1) is 13.6. The second-order valence-electron chi connectivity index (χ2n) is 7.32. The van der Waals surface area contributed by atoms with Crippen LogP contribution in [0.4, 0.5) is 11.8 Å². The minimum atomic E-state index is 0.444. The number of piperazine rings is 1. The van der Waals surface area contributed by atoms with Gasteiger partial charge in [0.1, 0.15) is 5.82 Å². The molecule has 8 nitrogen and oxygen atoms in total. The molecule has 0 saturated carbocycles. The molecule has 8 heteroatoms. The fourth-order valence-electron chi connectivity index (χ4n) is 3.59. The van der Waals surface area contributed by atoms with Gasteiger partial charge in [-0.15, -0.1) is 0 Å². The summed E-state index contributed by atoms with van der Waals surface area (Å²) in [4.78, 5) is 13.9. The summed E-state index contributed by atoms with van der Waals surface area (Å²) < 4.78 is 1.70. The number of likely N-dealkylation sites (N-methyl/N-ethyl adjacent to an activating group) is 1. The van der Waals surface area contributed by atoms with Crippen LogP contribution < -0.4 is 11.1 Å². The molecule has 0 aliphatic carbocycles. The van der Waals surface area contributed by atoms with Crippen LogP contribution in [0.15, 0.2) is 30.5 Å². The van der Waals surface area contributed by atoms with E-state index >= 15 is 0 Å². The first kappa shape index (κ1) is 18.6. The number of fused-ring (bicyclic) bond motifs is 1. The first-order valence-electron chi connectivity index (χ1n) is 9.84. The van der Waals surface area contributed by atoms with Crippen molar-refractivity contribution in [2.24, 2.45) is 7.05 Å². The van der Waals surface area contributed by atoms with Crippen LogP contribution in [0.5, 0.6) is 0 Å². The van der Waals surface area contributed by atoms with Crippen LogP contribution in [0.2, 0.25) is 0 Å². The highest BCUT2D eigenvalue weighted by atomic mass is 15.3. The molecule has 0 atom stereocenters. The molecular formula is C20H28N8. The fourth-order valence-corrected chi connectivity index (χ4v) is 3.59. The minimum Gasteiger partial charge on any atom is -0.383 e. The Labute approximate surface area is 165 Å². The molecule has 1 aliphatic rings. The van der Waals surface area contributed by atoms with E-state index in [2.05, 4.69) is 61.4 Å². The molecule has 1 aromatic carbocycles. The second-order valence-corrected chi connectivity index (χ2v) is 7.32. The van der Waals surface area contributed by atoms with Crippen LogP contribution in [0, 0.1) is 0 Å². The van der Waals surface area contributed by atoms with Gasteiger partial charge in [0.05, 0.1) is 11.6 Å². The Hall–Kier alpha value is -2.71. The number of benzene rings is 1. The van der Waals surface area contributed by atoms with Gasteiger partial charge < -0.3 is 16.0 Å². The molecule has 0 bridgehead atoms. The molecule has 1 saturated heterocycles. The van der Waals surface area contributed by atoms with Crippen LogP contribution in [0.1, 0.15) is 18.1 Å². The predicted molar refractivity (Wildman–Crippen MR) is 112 cm³/mol. The third-order valence-corrected chi connectivity index (χ3v) is 5.41. The number of hydrogen-bond acceptors (Lipinski definition) is 7.